The Bertz CT molecular complexity index is 1210. The molecule has 34 heavy (non-hydrogen) atoms. The second kappa shape index (κ2) is 9.26. The molecule has 10 heteroatoms. The summed E-state index contributed by atoms with van der Waals surface area (Å²) in [5.74, 6) is -2.87. The van der Waals surface area contributed by atoms with E-state index in [0.717, 1.165) is 4.90 Å². The minimum atomic E-state index is -0.815. The molecule has 0 radical (unpaired) electrons. The first-order valence-corrected chi connectivity index (χ1v) is 10.6. The molecule has 0 bridgehead atoms. The molecule has 1 saturated heterocycles. The lowest BCUT2D eigenvalue weighted by Gasteiger charge is -2.15. The van der Waals surface area contributed by atoms with Crippen LogP contribution in [-0.2, 0) is 19.1 Å². The summed E-state index contributed by atoms with van der Waals surface area (Å²) in [7, 11) is 0. The van der Waals surface area contributed by atoms with Crippen molar-refractivity contribution in [1.29, 1.82) is 0 Å². The predicted octanol–water partition coefficient (Wildman–Crippen LogP) is 3.15. The van der Waals surface area contributed by atoms with Gasteiger partial charge < -0.3 is 10.1 Å². The molecule has 1 fully saturated rings. The molecule has 2 atom stereocenters. The van der Waals surface area contributed by atoms with Gasteiger partial charge in [0.1, 0.15) is 0 Å². The number of rotatable bonds is 6. The van der Waals surface area contributed by atoms with Gasteiger partial charge >= 0.3 is 5.97 Å². The van der Waals surface area contributed by atoms with Crippen LogP contribution in [0.15, 0.2) is 54.6 Å². The highest BCUT2D eigenvalue weighted by Gasteiger charge is 2.47. The molecule has 1 aliphatic carbocycles. The van der Waals surface area contributed by atoms with Gasteiger partial charge in [0.2, 0.25) is 11.8 Å². The van der Waals surface area contributed by atoms with Gasteiger partial charge in [-0.25, -0.2) is 4.79 Å². The first-order chi connectivity index (χ1) is 16.3. The highest BCUT2D eigenvalue weighted by atomic mass is 16.6. The molecule has 0 saturated carbocycles. The maximum absolute atomic E-state index is 12.8. The summed E-state index contributed by atoms with van der Waals surface area (Å²) in [6.45, 7) is 0.954. The number of amides is 3. The molecule has 2 aromatic rings. The van der Waals surface area contributed by atoms with Gasteiger partial charge in [-0.15, -0.1) is 0 Å². The Balaban J connectivity index is 1.40. The topological polar surface area (TPSA) is 136 Å². The minimum Gasteiger partial charge on any atom is -0.452 e. The van der Waals surface area contributed by atoms with E-state index in [1.165, 1.54) is 36.4 Å². The van der Waals surface area contributed by atoms with E-state index >= 15 is 0 Å². The molecule has 2 aromatic carbocycles. The summed E-state index contributed by atoms with van der Waals surface area (Å²) >= 11 is 0. The third kappa shape index (κ3) is 4.42. The van der Waals surface area contributed by atoms with Crippen LogP contribution in [-0.4, -0.2) is 35.2 Å². The molecule has 1 aliphatic heterocycles. The number of aryl methyl sites for hydroxylation is 1. The summed E-state index contributed by atoms with van der Waals surface area (Å²) in [5, 5.41) is 13.5. The number of hydrogen-bond acceptors (Lipinski definition) is 7. The summed E-state index contributed by atoms with van der Waals surface area (Å²) in [6, 6.07) is 10.1. The number of carbonyl (C=O) groups excluding carboxylic acids is 4. The third-order valence-electron chi connectivity index (χ3n) is 5.87. The van der Waals surface area contributed by atoms with Crippen molar-refractivity contribution in [2.75, 3.05) is 16.8 Å². The molecule has 2 aliphatic rings. The van der Waals surface area contributed by atoms with Crippen molar-refractivity contribution in [2.24, 2.45) is 11.8 Å². The quantitative estimate of drug-likeness (QED) is 0.228. The zero-order valence-corrected chi connectivity index (χ0v) is 18.2. The lowest BCUT2D eigenvalue weighted by molar-refractivity contribution is -0.385. The van der Waals surface area contributed by atoms with E-state index in [1.807, 2.05) is 12.2 Å². The van der Waals surface area contributed by atoms with Crippen LogP contribution in [0.3, 0.4) is 0 Å². The van der Waals surface area contributed by atoms with Gasteiger partial charge in [0.15, 0.2) is 6.61 Å². The fourth-order valence-electron chi connectivity index (χ4n) is 4.12. The van der Waals surface area contributed by atoms with Crippen molar-refractivity contribution in [3.63, 3.8) is 0 Å². The fraction of sp³-hybridized carbons (Fsp3) is 0.250. The van der Waals surface area contributed by atoms with Crippen LogP contribution < -0.4 is 10.2 Å². The van der Waals surface area contributed by atoms with Crippen LogP contribution in [0.2, 0.25) is 0 Å². The molecule has 1 heterocycles. The lowest BCUT2D eigenvalue weighted by atomic mass is 9.85. The van der Waals surface area contributed by atoms with E-state index in [9.17, 15) is 29.3 Å². The number of allylic oxidation sites excluding steroid dienone is 2. The number of ether oxygens (including phenoxy) is 1. The van der Waals surface area contributed by atoms with Gasteiger partial charge in [0, 0.05) is 17.3 Å². The summed E-state index contributed by atoms with van der Waals surface area (Å²) < 4.78 is 5.05. The number of anilines is 2. The molecule has 0 spiro atoms. The van der Waals surface area contributed by atoms with Crippen LogP contribution in [0.1, 0.15) is 28.8 Å². The largest absolute Gasteiger partial charge is 0.452 e. The van der Waals surface area contributed by atoms with Gasteiger partial charge in [0.25, 0.3) is 11.6 Å². The maximum atomic E-state index is 12.8. The van der Waals surface area contributed by atoms with Crippen LogP contribution in [0, 0.1) is 28.9 Å². The van der Waals surface area contributed by atoms with Gasteiger partial charge in [0.05, 0.1) is 28.0 Å². The molecule has 4 rings (SSSR count). The molecular formula is C24H21N3O7. The predicted molar refractivity (Wildman–Crippen MR) is 121 cm³/mol. The van der Waals surface area contributed by atoms with Gasteiger partial charge in [-0.2, -0.15) is 0 Å². The van der Waals surface area contributed by atoms with Crippen LogP contribution in [0.5, 0.6) is 0 Å². The first kappa shape index (κ1) is 22.8. The number of esters is 1. The second-order valence-electron chi connectivity index (χ2n) is 8.10. The highest BCUT2D eigenvalue weighted by Crippen LogP contribution is 2.37. The number of nitrogens with zero attached hydrogens (tertiary/aromatic N) is 2. The van der Waals surface area contributed by atoms with Crippen molar-refractivity contribution < 1.29 is 28.8 Å². The normalized spacial score (nSPS) is 19.0. The molecule has 1 N–H and O–H groups in total. The fourth-order valence-corrected chi connectivity index (χ4v) is 4.12. The van der Waals surface area contributed by atoms with Crippen LogP contribution >= 0.6 is 0 Å². The van der Waals surface area contributed by atoms with E-state index in [1.54, 1.807) is 13.0 Å². The number of nitro benzene ring substituents is 1. The molecule has 3 amide bonds. The first-order valence-electron chi connectivity index (χ1n) is 10.6. The number of hydrogen-bond donors (Lipinski definition) is 1. The van der Waals surface area contributed by atoms with E-state index in [2.05, 4.69) is 5.32 Å². The molecule has 174 valence electrons. The smallest absolute Gasteiger partial charge is 0.338 e. The second-order valence-corrected chi connectivity index (χ2v) is 8.10. The standard InChI is InChI=1S/C24H21N3O7/c1-14-9-10-16(12-20(14)27(32)33)25-21(28)13-34-24(31)15-5-4-6-17(11-15)26-22(29)18-7-2-3-8-19(18)23(26)30/h2-6,9-12,18-19H,7-8,13H2,1H3,(H,25,28)/t18-,19-/m1/s1. The number of benzene rings is 2. The van der Waals surface area contributed by atoms with E-state index in [-0.39, 0.29) is 34.4 Å². The van der Waals surface area contributed by atoms with Crippen molar-refractivity contribution >= 4 is 40.8 Å². The Kier molecular flexibility index (Phi) is 6.22. The Labute approximate surface area is 194 Å². The maximum Gasteiger partial charge on any atom is 0.338 e. The van der Waals surface area contributed by atoms with Gasteiger partial charge in [-0.1, -0.05) is 24.3 Å². The summed E-state index contributed by atoms with van der Waals surface area (Å²) in [4.78, 5) is 61.8. The zero-order chi connectivity index (χ0) is 24.4. The highest BCUT2D eigenvalue weighted by molar-refractivity contribution is 6.22. The van der Waals surface area contributed by atoms with Crippen molar-refractivity contribution in [2.45, 2.75) is 19.8 Å². The summed E-state index contributed by atoms with van der Waals surface area (Å²) in [5.41, 5.74) is 0.843. The number of carbonyl (C=O) groups is 4. The number of nitrogens with one attached hydrogen (secondary N) is 1. The Morgan fingerprint density at radius 3 is 2.41 bits per heavy atom. The number of imide groups is 1. The zero-order valence-electron chi connectivity index (χ0n) is 18.2. The number of nitro groups is 1. The van der Waals surface area contributed by atoms with E-state index in [0.29, 0.717) is 18.4 Å². The van der Waals surface area contributed by atoms with Gasteiger partial charge in [-0.3, -0.25) is 29.4 Å². The van der Waals surface area contributed by atoms with Crippen molar-refractivity contribution in [3.8, 4) is 0 Å². The Morgan fingerprint density at radius 2 is 1.76 bits per heavy atom. The molecule has 10 nitrogen and oxygen atoms in total. The molecular weight excluding hydrogens is 442 g/mol. The average molecular weight is 463 g/mol. The summed E-state index contributed by atoms with van der Waals surface area (Å²) in [6.07, 6.45) is 4.80. The number of fused-ring (bicyclic) bond motifs is 1. The monoisotopic (exact) mass is 463 g/mol. The van der Waals surface area contributed by atoms with Crippen molar-refractivity contribution in [3.05, 3.63) is 75.9 Å². The van der Waals surface area contributed by atoms with Crippen molar-refractivity contribution in [1.82, 2.24) is 0 Å². The molecule has 0 unspecified atom stereocenters. The van der Waals surface area contributed by atoms with Crippen LogP contribution in [0.4, 0.5) is 17.1 Å². The Morgan fingerprint density at radius 1 is 1.09 bits per heavy atom. The van der Waals surface area contributed by atoms with Gasteiger partial charge in [-0.05, 0) is 44.0 Å². The average Bonchev–Trinajstić information content (AvgIpc) is 3.08. The van der Waals surface area contributed by atoms with E-state index in [4.69, 9.17) is 4.74 Å². The third-order valence-corrected chi connectivity index (χ3v) is 5.87. The minimum absolute atomic E-state index is 0.0740. The molecule has 0 aromatic heterocycles. The van der Waals surface area contributed by atoms with E-state index < -0.39 is 35.2 Å². The Hall–Kier alpha value is -4.34. The SMILES string of the molecule is Cc1ccc(NC(=O)COC(=O)c2cccc(N3C(=O)[C@@H]4CC=CC[C@H]4C3=O)c2)cc1[N+](=O)[O-]. The lowest BCUT2D eigenvalue weighted by Crippen LogP contribution is -2.31. The van der Waals surface area contributed by atoms with Crippen LogP contribution in [0.25, 0.3) is 0 Å².